The first-order valence-corrected chi connectivity index (χ1v) is 17.8. The number of benzene rings is 6. The fraction of sp³-hybridized carbons (Fsp3) is 0.130. The molecule has 0 heterocycles. The Hall–Kier alpha value is -6.16. The van der Waals surface area contributed by atoms with Gasteiger partial charge in [-0.1, -0.05) is 84.9 Å². The summed E-state index contributed by atoms with van der Waals surface area (Å²) < 4.78 is 10.7. The van der Waals surface area contributed by atoms with Gasteiger partial charge in [0, 0.05) is 98.9 Å². The number of ether oxygens (including phenoxy) is 2. The molecule has 0 aromatic heterocycles. The number of hydrogen-bond acceptors (Lipinski definition) is 10. The van der Waals surface area contributed by atoms with Gasteiger partial charge in [-0.25, -0.2) is 0 Å². The summed E-state index contributed by atoms with van der Waals surface area (Å²) >= 11 is 0. The third-order valence-corrected chi connectivity index (χ3v) is 7.97. The summed E-state index contributed by atoms with van der Waals surface area (Å²) in [5.74, 6) is 2.29. The van der Waals surface area contributed by atoms with Crippen LogP contribution in [0.4, 0.5) is 0 Å². The van der Waals surface area contributed by atoms with Crippen LogP contribution in [0.5, 0.6) is 34.5 Å². The maximum absolute atomic E-state index is 9.95. The van der Waals surface area contributed by atoms with Crippen molar-refractivity contribution in [1.82, 2.24) is 0 Å². The normalized spacial score (nSPS) is 10.7. The standard InChI is InChI=1S/C22H20N2O3.C15H15NO2.C9H11NO.2Cu/c1-27-21-13-7-4-10-18(21)22(23-14-16-8-2-5-11-19(16)25)24-15-17-9-3-6-12-20(17)26;1-18-15-9-5-3-7-13(15)11-16-10-12-6-2-4-8-14(12)17;1-2-10-7-8-5-3-4-6-9(8)11;;/h2-15,22,25-26H,1H3;2-10,17H,11H2,1H3;3-7,11H,2H2,1H3;;/b23-14+,24-15+;;;;. The van der Waals surface area contributed by atoms with Crippen molar-refractivity contribution in [2.75, 3.05) is 20.8 Å². The van der Waals surface area contributed by atoms with Gasteiger partial charge in [-0.05, 0) is 67.6 Å². The molecule has 0 fully saturated rings. The van der Waals surface area contributed by atoms with Crippen LogP contribution in [0.3, 0.4) is 0 Å². The predicted molar refractivity (Wildman–Crippen MR) is 226 cm³/mol. The fourth-order valence-electron chi connectivity index (χ4n) is 5.03. The van der Waals surface area contributed by atoms with Crippen molar-refractivity contribution in [3.63, 3.8) is 0 Å². The summed E-state index contributed by atoms with van der Waals surface area (Å²) in [7, 11) is 3.24. The van der Waals surface area contributed by atoms with Crippen LogP contribution in [0.15, 0.2) is 166 Å². The van der Waals surface area contributed by atoms with Crippen molar-refractivity contribution in [3.05, 3.63) is 179 Å². The largest absolute Gasteiger partial charge is 0.507 e. The number of methoxy groups -OCH3 is 2. The van der Waals surface area contributed by atoms with Crippen LogP contribution < -0.4 is 9.47 Å². The monoisotopic (exact) mass is 876 g/mol. The smallest absolute Gasteiger partial charge is 0.168 e. The maximum atomic E-state index is 9.95. The Balaban J connectivity index is 0.000000323. The van der Waals surface area contributed by atoms with Crippen molar-refractivity contribution < 1.29 is 64.0 Å². The molecule has 2 radical (unpaired) electrons. The van der Waals surface area contributed by atoms with Gasteiger partial charge in [0.05, 0.1) is 20.8 Å². The van der Waals surface area contributed by atoms with E-state index in [0.717, 1.165) is 29.0 Å². The summed E-state index contributed by atoms with van der Waals surface area (Å²) in [5, 5.41) is 38.7. The van der Waals surface area contributed by atoms with Crippen molar-refractivity contribution in [3.8, 4) is 34.5 Å². The summed E-state index contributed by atoms with van der Waals surface area (Å²) in [5.41, 5.74) is 4.47. The molecule has 0 saturated heterocycles. The van der Waals surface area contributed by atoms with Gasteiger partial charge in [0.2, 0.25) is 0 Å². The SMILES string of the molecule is CCN=Cc1ccccc1O.COc1ccccc1C(/N=C/c1ccccc1O)/N=C/c1ccccc1O.COc1ccccc1CN=Cc1ccccc1O.[Cu].[Cu]. The van der Waals surface area contributed by atoms with E-state index >= 15 is 0 Å². The van der Waals surface area contributed by atoms with E-state index in [0.29, 0.717) is 29.0 Å². The number of phenols is 4. The topological polar surface area (TPSA) is 149 Å². The maximum Gasteiger partial charge on any atom is 0.168 e. The summed E-state index contributed by atoms with van der Waals surface area (Å²) in [4.78, 5) is 17.4. The number of phenolic OH excluding ortho intramolecular Hbond substituents is 4. The molecule has 6 aromatic carbocycles. The molecule has 4 N–H and O–H groups in total. The number of rotatable bonds is 12. The molecule has 12 heteroatoms. The molecule has 6 rings (SSSR count). The van der Waals surface area contributed by atoms with E-state index in [9.17, 15) is 20.4 Å². The quantitative estimate of drug-likeness (QED) is 0.0712. The Morgan fingerprint density at radius 2 is 0.828 bits per heavy atom. The van der Waals surface area contributed by atoms with Gasteiger partial charge >= 0.3 is 0 Å². The Morgan fingerprint density at radius 1 is 0.466 bits per heavy atom. The molecule has 0 unspecified atom stereocenters. The number of nitrogens with zero attached hydrogens (tertiary/aromatic N) is 4. The van der Waals surface area contributed by atoms with Gasteiger partial charge in [-0.2, -0.15) is 0 Å². The van der Waals surface area contributed by atoms with Crippen molar-refractivity contribution in [2.24, 2.45) is 20.0 Å². The molecule has 58 heavy (non-hydrogen) atoms. The number of hydrogen-bond donors (Lipinski definition) is 4. The Morgan fingerprint density at radius 3 is 1.26 bits per heavy atom. The van der Waals surface area contributed by atoms with Gasteiger partial charge in [-0.3, -0.25) is 20.0 Å². The third-order valence-electron chi connectivity index (χ3n) is 7.97. The van der Waals surface area contributed by atoms with E-state index in [-0.39, 0.29) is 57.1 Å². The van der Waals surface area contributed by atoms with Crippen LogP contribution in [-0.4, -0.2) is 66.0 Å². The first kappa shape index (κ1) is 48.0. The first-order chi connectivity index (χ1) is 27.3. The minimum absolute atomic E-state index is 0. The van der Waals surface area contributed by atoms with Gasteiger partial charge in [0.15, 0.2) is 6.17 Å². The molecule has 0 saturated carbocycles. The van der Waals surface area contributed by atoms with E-state index in [2.05, 4.69) is 20.0 Å². The second-order valence-corrected chi connectivity index (χ2v) is 11.8. The Bertz CT molecular complexity index is 2190. The van der Waals surface area contributed by atoms with Crippen LogP contribution in [0.1, 0.15) is 46.5 Å². The van der Waals surface area contributed by atoms with E-state index in [1.807, 2.05) is 91.9 Å². The van der Waals surface area contributed by atoms with Crippen LogP contribution in [-0.2, 0) is 40.7 Å². The molecule has 10 nitrogen and oxygen atoms in total. The number of para-hydroxylation sites is 6. The minimum Gasteiger partial charge on any atom is -0.507 e. The van der Waals surface area contributed by atoms with Gasteiger partial charge in [0.1, 0.15) is 34.5 Å². The zero-order chi connectivity index (χ0) is 40.0. The number of aromatic hydroxyl groups is 4. The number of aliphatic imine (C=N–C) groups is 4. The molecule has 0 atom stereocenters. The van der Waals surface area contributed by atoms with Crippen molar-refractivity contribution >= 4 is 24.9 Å². The molecular weight excluding hydrogens is 832 g/mol. The summed E-state index contributed by atoms with van der Waals surface area (Å²) in [6.07, 6.45) is 5.90. The summed E-state index contributed by atoms with van der Waals surface area (Å²) in [6, 6.07) is 43.4. The van der Waals surface area contributed by atoms with Crippen LogP contribution in [0, 0.1) is 0 Å². The Kier molecular flexibility index (Phi) is 22.0. The molecule has 6 aromatic rings. The zero-order valence-corrected chi connectivity index (χ0v) is 34.0. The average molecular weight is 878 g/mol. The second kappa shape index (κ2) is 26.6. The van der Waals surface area contributed by atoms with Gasteiger partial charge < -0.3 is 29.9 Å². The molecular formula is C46H46Cu2N4O6. The van der Waals surface area contributed by atoms with E-state index in [1.165, 1.54) is 0 Å². The molecule has 0 aliphatic carbocycles. The van der Waals surface area contributed by atoms with Crippen molar-refractivity contribution in [2.45, 2.75) is 19.6 Å². The van der Waals surface area contributed by atoms with Gasteiger partial charge in [-0.15, -0.1) is 0 Å². The molecule has 308 valence electrons. The van der Waals surface area contributed by atoms with E-state index < -0.39 is 6.17 Å². The Labute approximate surface area is 361 Å². The predicted octanol–water partition coefficient (Wildman–Crippen LogP) is 9.19. The average Bonchev–Trinajstić information content (AvgIpc) is 3.23. The van der Waals surface area contributed by atoms with E-state index in [1.54, 1.807) is 99.7 Å². The molecule has 0 aliphatic rings. The fourth-order valence-corrected chi connectivity index (χ4v) is 5.03. The molecule has 0 bridgehead atoms. The second-order valence-electron chi connectivity index (χ2n) is 11.8. The van der Waals surface area contributed by atoms with Crippen LogP contribution in [0.2, 0.25) is 0 Å². The third kappa shape index (κ3) is 15.4. The zero-order valence-electron chi connectivity index (χ0n) is 32.2. The van der Waals surface area contributed by atoms with E-state index in [4.69, 9.17) is 9.47 Å². The summed E-state index contributed by atoms with van der Waals surface area (Å²) in [6.45, 7) is 3.23. The molecule has 0 spiro atoms. The minimum atomic E-state index is -0.597. The molecule has 0 aliphatic heterocycles. The first-order valence-electron chi connectivity index (χ1n) is 17.8. The van der Waals surface area contributed by atoms with Gasteiger partial charge in [0.25, 0.3) is 0 Å². The van der Waals surface area contributed by atoms with Crippen molar-refractivity contribution in [1.29, 1.82) is 0 Å². The van der Waals surface area contributed by atoms with Crippen LogP contribution in [0.25, 0.3) is 0 Å². The molecule has 0 amide bonds. The van der Waals surface area contributed by atoms with Crippen LogP contribution >= 0.6 is 0 Å².